The van der Waals surface area contributed by atoms with E-state index in [2.05, 4.69) is 11.9 Å². The molecule has 0 saturated heterocycles. The predicted octanol–water partition coefficient (Wildman–Crippen LogP) is 1.97. The van der Waals surface area contributed by atoms with Crippen LogP contribution in [0.3, 0.4) is 0 Å². The third-order valence-corrected chi connectivity index (χ3v) is 1.98. The van der Waals surface area contributed by atoms with Gasteiger partial charge in [-0.15, -0.1) is 0 Å². The van der Waals surface area contributed by atoms with Crippen LogP contribution in [0.15, 0.2) is 12.2 Å². The summed E-state index contributed by atoms with van der Waals surface area (Å²) in [6, 6.07) is 0. The van der Waals surface area contributed by atoms with Gasteiger partial charge in [-0.05, 0) is 12.8 Å². The molecule has 0 aromatic heterocycles. The summed E-state index contributed by atoms with van der Waals surface area (Å²) in [6.07, 6.45) is 0. The van der Waals surface area contributed by atoms with Gasteiger partial charge in [0.1, 0.15) is 0 Å². The molecular formula is C10H19NO. The number of carbonyl (C=O) groups is 1. The minimum Gasteiger partial charge on any atom is -0.352 e. The topological polar surface area (TPSA) is 29.1 Å². The van der Waals surface area contributed by atoms with Crippen LogP contribution >= 0.6 is 0 Å². The second-order valence-corrected chi connectivity index (χ2v) is 3.71. The van der Waals surface area contributed by atoms with Gasteiger partial charge in [-0.1, -0.05) is 32.9 Å². The Labute approximate surface area is 75.0 Å². The molecule has 0 bridgehead atoms. The van der Waals surface area contributed by atoms with Gasteiger partial charge < -0.3 is 5.32 Å². The quantitative estimate of drug-likeness (QED) is 0.640. The Bertz CT molecular complexity index is 173. The Morgan fingerprint density at radius 1 is 1.42 bits per heavy atom. The lowest BCUT2D eigenvalue weighted by Gasteiger charge is -2.14. The summed E-state index contributed by atoms with van der Waals surface area (Å²) in [6.45, 7) is 12.2. The maximum atomic E-state index is 11.3. The molecule has 70 valence electrons. The molecule has 0 aliphatic rings. The predicted molar refractivity (Wildman–Crippen MR) is 51.8 cm³/mol. The molecule has 1 N–H and O–H groups in total. The first-order valence-electron chi connectivity index (χ1n) is 4.37. The van der Waals surface area contributed by atoms with Crippen LogP contribution < -0.4 is 5.32 Å². The summed E-state index contributed by atoms with van der Waals surface area (Å²) < 4.78 is 0. The molecule has 2 nitrogen and oxygen atoms in total. The highest BCUT2D eigenvalue weighted by molar-refractivity contribution is 5.78. The average Bonchev–Trinajstić information content (AvgIpc) is 1.98. The van der Waals surface area contributed by atoms with E-state index in [1.54, 1.807) is 0 Å². The summed E-state index contributed by atoms with van der Waals surface area (Å²) in [5, 5.41) is 2.82. The highest BCUT2D eigenvalue weighted by Crippen LogP contribution is 2.08. The van der Waals surface area contributed by atoms with Crippen molar-refractivity contribution in [3.05, 3.63) is 12.2 Å². The molecule has 0 spiro atoms. The van der Waals surface area contributed by atoms with E-state index in [1.807, 2.05) is 27.7 Å². The number of rotatable bonds is 4. The molecule has 12 heavy (non-hydrogen) atoms. The fraction of sp³-hybridized carbons (Fsp3) is 0.700. The molecule has 0 saturated carbocycles. The average molecular weight is 169 g/mol. The zero-order valence-corrected chi connectivity index (χ0v) is 8.48. The summed E-state index contributed by atoms with van der Waals surface area (Å²) in [7, 11) is 0. The first kappa shape index (κ1) is 11.2. The molecule has 1 unspecified atom stereocenters. The Morgan fingerprint density at radius 3 is 2.25 bits per heavy atom. The van der Waals surface area contributed by atoms with Crippen molar-refractivity contribution in [2.75, 3.05) is 6.54 Å². The second kappa shape index (κ2) is 4.96. The van der Waals surface area contributed by atoms with E-state index in [1.165, 1.54) is 0 Å². The van der Waals surface area contributed by atoms with E-state index in [0.29, 0.717) is 12.5 Å². The normalized spacial score (nSPS) is 12.8. The molecule has 0 aliphatic carbocycles. The van der Waals surface area contributed by atoms with Gasteiger partial charge in [-0.3, -0.25) is 4.79 Å². The fourth-order valence-corrected chi connectivity index (χ4v) is 0.702. The van der Waals surface area contributed by atoms with E-state index < -0.39 is 0 Å². The zero-order chi connectivity index (χ0) is 9.72. The molecule has 0 heterocycles. The molecule has 0 radical (unpaired) electrons. The number of hydrogen-bond acceptors (Lipinski definition) is 1. The van der Waals surface area contributed by atoms with Crippen molar-refractivity contribution >= 4 is 5.91 Å². The smallest absolute Gasteiger partial charge is 0.223 e. The molecule has 2 heteroatoms. The molecule has 0 aromatic rings. The molecule has 0 fully saturated rings. The zero-order valence-electron chi connectivity index (χ0n) is 8.48. The van der Waals surface area contributed by atoms with Crippen molar-refractivity contribution in [2.45, 2.75) is 27.7 Å². The lowest BCUT2D eigenvalue weighted by molar-refractivity contribution is -0.125. The van der Waals surface area contributed by atoms with E-state index in [-0.39, 0.29) is 11.8 Å². The Kier molecular flexibility index (Phi) is 4.64. The number of carbonyl (C=O) groups excluding carboxylic acids is 1. The van der Waals surface area contributed by atoms with E-state index in [0.717, 1.165) is 5.57 Å². The first-order valence-corrected chi connectivity index (χ1v) is 4.37. The van der Waals surface area contributed by atoms with Gasteiger partial charge in [0.25, 0.3) is 0 Å². The Hall–Kier alpha value is -0.790. The van der Waals surface area contributed by atoms with Crippen LogP contribution in [0, 0.1) is 11.8 Å². The number of amides is 1. The number of hydrogen-bond donors (Lipinski definition) is 1. The SMILES string of the molecule is C=C(C)CNC(=O)C(C)C(C)C. The minimum atomic E-state index is 0.0874. The Balaban J connectivity index is 3.80. The molecular weight excluding hydrogens is 150 g/mol. The lowest BCUT2D eigenvalue weighted by atomic mass is 9.97. The third kappa shape index (κ3) is 4.16. The fourth-order valence-electron chi connectivity index (χ4n) is 0.702. The molecule has 0 aliphatic heterocycles. The van der Waals surface area contributed by atoms with Gasteiger partial charge in [-0.2, -0.15) is 0 Å². The van der Waals surface area contributed by atoms with E-state index in [9.17, 15) is 4.79 Å². The summed E-state index contributed by atoms with van der Waals surface area (Å²) in [5.41, 5.74) is 0.985. The number of nitrogens with one attached hydrogen (secondary N) is 1. The largest absolute Gasteiger partial charge is 0.352 e. The van der Waals surface area contributed by atoms with Crippen LogP contribution in [0.2, 0.25) is 0 Å². The van der Waals surface area contributed by atoms with Crippen molar-refractivity contribution in [1.29, 1.82) is 0 Å². The maximum Gasteiger partial charge on any atom is 0.223 e. The van der Waals surface area contributed by atoms with Crippen molar-refractivity contribution in [3.63, 3.8) is 0 Å². The van der Waals surface area contributed by atoms with Gasteiger partial charge >= 0.3 is 0 Å². The minimum absolute atomic E-state index is 0.0874. The molecule has 0 rings (SSSR count). The van der Waals surface area contributed by atoms with Gasteiger partial charge in [0.2, 0.25) is 5.91 Å². The maximum absolute atomic E-state index is 11.3. The van der Waals surface area contributed by atoms with Gasteiger partial charge in [0.05, 0.1) is 0 Å². The van der Waals surface area contributed by atoms with Gasteiger partial charge in [-0.25, -0.2) is 0 Å². The summed E-state index contributed by atoms with van der Waals surface area (Å²) in [4.78, 5) is 11.3. The molecule has 0 aromatic carbocycles. The van der Waals surface area contributed by atoms with Crippen molar-refractivity contribution in [2.24, 2.45) is 11.8 Å². The van der Waals surface area contributed by atoms with Crippen molar-refractivity contribution in [3.8, 4) is 0 Å². The lowest BCUT2D eigenvalue weighted by Crippen LogP contribution is -2.32. The van der Waals surface area contributed by atoms with Crippen LogP contribution in [0.4, 0.5) is 0 Å². The summed E-state index contributed by atoms with van der Waals surface area (Å²) in [5.74, 6) is 0.604. The second-order valence-electron chi connectivity index (χ2n) is 3.71. The first-order chi connectivity index (χ1) is 5.45. The van der Waals surface area contributed by atoms with Gasteiger partial charge in [0, 0.05) is 12.5 Å². The van der Waals surface area contributed by atoms with Gasteiger partial charge in [0.15, 0.2) is 0 Å². The van der Waals surface area contributed by atoms with E-state index >= 15 is 0 Å². The standard InChI is InChI=1S/C10H19NO/c1-7(2)6-11-10(12)9(5)8(3)4/h8-9H,1,6H2,2-5H3,(H,11,12). The van der Waals surface area contributed by atoms with Crippen LogP contribution in [-0.4, -0.2) is 12.5 Å². The van der Waals surface area contributed by atoms with Crippen LogP contribution in [0.1, 0.15) is 27.7 Å². The highest BCUT2D eigenvalue weighted by atomic mass is 16.1. The molecule has 1 atom stereocenters. The van der Waals surface area contributed by atoms with Crippen molar-refractivity contribution < 1.29 is 4.79 Å². The Morgan fingerprint density at radius 2 is 1.92 bits per heavy atom. The summed E-state index contributed by atoms with van der Waals surface area (Å²) >= 11 is 0. The van der Waals surface area contributed by atoms with Crippen molar-refractivity contribution in [1.82, 2.24) is 5.32 Å². The highest BCUT2D eigenvalue weighted by Gasteiger charge is 2.15. The molecule has 1 amide bonds. The van der Waals surface area contributed by atoms with Crippen LogP contribution in [-0.2, 0) is 4.79 Å². The monoisotopic (exact) mass is 169 g/mol. The third-order valence-electron chi connectivity index (χ3n) is 1.98. The van der Waals surface area contributed by atoms with Crippen LogP contribution in [0.5, 0.6) is 0 Å². The van der Waals surface area contributed by atoms with E-state index in [4.69, 9.17) is 0 Å². The van der Waals surface area contributed by atoms with Crippen LogP contribution in [0.25, 0.3) is 0 Å².